The summed E-state index contributed by atoms with van der Waals surface area (Å²) in [5.74, 6) is -2.15. The Morgan fingerprint density at radius 3 is 1.90 bits per heavy atom. The number of ether oxygens (including phenoxy) is 2. The van der Waals surface area contributed by atoms with Gasteiger partial charge in [-0.15, -0.1) is 0 Å². The predicted octanol–water partition coefficient (Wildman–Crippen LogP) is 4.49. The SMILES string of the molecule is CCCCCCCCCCCCCCCCC(=O)COC1=C(O)C(C(O)CO)OC1=O. The minimum Gasteiger partial charge on any atom is -0.505 e. The van der Waals surface area contributed by atoms with Gasteiger partial charge in [-0.3, -0.25) is 4.79 Å². The van der Waals surface area contributed by atoms with Gasteiger partial charge in [0.2, 0.25) is 5.76 Å². The molecule has 31 heavy (non-hydrogen) atoms. The van der Waals surface area contributed by atoms with Crippen LogP contribution in [0.2, 0.25) is 0 Å². The fourth-order valence-electron chi connectivity index (χ4n) is 3.69. The topological polar surface area (TPSA) is 113 Å². The number of cyclic esters (lactones) is 1. The Bertz CT molecular complexity index is 544. The monoisotopic (exact) mass is 442 g/mol. The van der Waals surface area contributed by atoms with Gasteiger partial charge in [0.1, 0.15) is 12.7 Å². The molecule has 0 bridgehead atoms. The highest BCUT2D eigenvalue weighted by molar-refractivity contribution is 5.90. The third kappa shape index (κ3) is 11.5. The van der Waals surface area contributed by atoms with Crippen LogP contribution in [-0.2, 0) is 19.1 Å². The molecule has 0 saturated heterocycles. The largest absolute Gasteiger partial charge is 0.505 e. The van der Waals surface area contributed by atoms with E-state index in [1.165, 1.54) is 70.6 Å². The number of hydrogen-bond acceptors (Lipinski definition) is 7. The zero-order valence-corrected chi connectivity index (χ0v) is 19.2. The number of ketones is 1. The Balaban J connectivity index is 1.98. The summed E-state index contributed by atoms with van der Waals surface area (Å²) in [7, 11) is 0. The molecule has 1 aliphatic heterocycles. The first-order valence-corrected chi connectivity index (χ1v) is 12.1. The smallest absolute Gasteiger partial charge is 0.378 e. The third-order valence-electron chi connectivity index (χ3n) is 5.64. The van der Waals surface area contributed by atoms with E-state index in [0.717, 1.165) is 19.3 Å². The fourth-order valence-corrected chi connectivity index (χ4v) is 3.69. The lowest BCUT2D eigenvalue weighted by Crippen LogP contribution is -2.31. The van der Waals surface area contributed by atoms with Gasteiger partial charge < -0.3 is 24.8 Å². The lowest BCUT2D eigenvalue weighted by atomic mass is 10.0. The molecule has 0 spiro atoms. The van der Waals surface area contributed by atoms with Crippen molar-refractivity contribution in [3.8, 4) is 0 Å². The molecule has 1 heterocycles. The van der Waals surface area contributed by atoms with Crippen LogP contribution >= 0.6 is 0 Å². The second-order valence-electron chi connectivity index (χ2n) is 8.46. The number of aliphatic hydroxyl groups excluding tert-OH is 3. The Hall–Kier alpha value is -1.60. The number of carbonyl (C=O) groups is 2. The van der Waals surface area contributed by atoms with E-state index in [1.54, 1.807) is 0 Å². The minimum absolute atomic E-state index is 0.154. The molecule has 7 heteroatoms. The van der Waals surface area contributed by atoms with Crippen molar-refractivity contribution in [3.05, 3.63) is 11.5 Å². The van der Waals surface area contributed by atoms with E-state index in [4.69, 9.17) is 14.6 Å². The summed E-state index contributed by atoms with van der Waals surface area (Å²) in [6, 6.07) is 0. The van der Waals surface area contributed by atoms with Crippen molar-refractivity contribution in [2.24, 2.45) is 0 Å². The third-order valence-corrected chi connectivity index (χ3v) is 5.64. The van der Waals surface area contributed by atoms with Crippen molar-refractivity contribution < 1.29 is 34.4 Å². The Kier molecular flexibility index (Phi) is 15.1. The molecule has 180 valence electrons. The summed E-state index contributed by atoms with van der Waals surface area (Å²) in [6.07, 6.45) is 15.1. The summed E-state index contributed by atoms with van der Waals surface area (Å²) in [4.78, 5) is 23.6. The quantitative estimate of drug-likeness (QED) is 0.188. The molecule has 1 rings (SSSR count). The molecule has 0 fully saturated rings. The normalized spacial score (nSPS) is 17.1. The van der Waals surface area contributed by atoms with E-state index in [0.29, 0.717) is 6.42 Å². The van der Waals surface area contributed by atoms with E-state index >= 15 is 0 Å². The van der Waals surface area contributed by atoms with Gasteiger partial charge in [0.05, 0.1) is 6.61 Å². The highest BCUT2D eigenvalue weighted by atomic mass is 16.6. The van der Waals surface area contributed by atoms with Crippen LogP contribution in [0.4, 0.5) is 0 Å². The van der Waals surface area contributed by atoms with Gasteiger partial charge >= 0.3 is 5.97 Å². The number of carbonyl (C=O) groups excluding carboxylic acids is 2. The predicted molar refractivity (Wildman–Crippen MR) is 119 cm³/mol. The highest BCUT2D eigenvalue weighted by Crippen LogP contribution is 2.24. The number of unbranched alkanes of at least 4 members (excludes halogenated alkanes) is 13. The van der Waals surface area contributed by atoms with Gasteiger partial charge in [-0.1, -0.05) is 90.4 Å². The molecule has 2 unspecified atom stereocenters. The van der Waals surface area contributed by atoms with Gasteiger partial charge in [0, 0.05) is 6.42 Å². The Labute approximate surface area is 186 Å². The number of esters is 1. The van der Waals surface area contributed by atoms with Crippen molar-refractivity contribution >= 4 is 11.8 Å². The summed E-state index contributed by atoms with van der Waals surface area (Å²) in [6.45, 7) is 1.25. The van der Waals surface area contributed by atoms with Crippen LogP contribution < -0.4 is 0 Å². The summed E-state index contributed by atoms with van der Waals surface area (Å²) >= 11 is 0. The van der Waals surface area contributed by atoms with Gasteiger partial charge in [-0.2, -0.15) is 0 Å². The average molecular weight is 443 g/mol. The molecule has 0 amide bonds. The lowest BCUT2D eigenvalue weighted by Gasteiger charge is -2.13. The first kappa shape index (κ1) is 27.4. The zero-order valence-electron chi connectivity index (χ0n) is 19.2. The summed E-state index contributed by atoms with van der Waals surface area (Å²) in [5, 5.41) is 28.3. The Morgan fingerprint density at radius 1 is 0.935 bits per heavy atom. The molecule has 0 aliphatic carbocycles. The van der Waals surface area contributed by atoms with Gasteiger partial charge in [0.25, 0.3) is 0 Å². The van der Waals surface area contributed by atoms with E-state index < -0.39 is 36.3 Å². The maximum Gasteiger partial charge on any atom is 0.378 e. The molecule has 3 N–H and O–H groups in total. The highest BCUT2D eigenvalue weighted by Gasteiger charge is 2.40. The standard InChI is InChI=1S/C24H42O7/c1-2-3-4-5-6-7-8-9-10-11-12-13-14-15-16-19(26)18-30-23-21(28)22(20(27)17-25)31-24(23)29/h20,22,25,27-28H,2-18H2,1H3. The lowest BCUT2D eigenvalue weighted by molar-refractivity contribution is -0.148. The van der Waals surface area contributed by atoms with E-state index in [2.05, 4.69) is 6.92 Å². The molecule has 7 nitrogen and oxygen atoms in total. The van der Waals surface area contributed by atoms with Crippen LogP contribution in [-0.4, -0.2) is 52.5 Å². The fraction of sp³-hybridized carbons (Fsp3) is 0.833. The number of aliphatic hydroxyl groups is 3. The zero-order chi connectivity index (χ0) is 22.9. The van der Waals surface area contributed by atoms with Crippen LogP contribution in [0.3, 0.4) is 0 Å². The molecular weight excluding hydrogens is 400 g/mol. The first-order valence-electron chi connectivity index (χ1n) is 12.1. The van der Waals surface area contributed by atoms with Crippen LogP contribution in [0.1, 0.15) is 103 Å². The maximum absolute atomic E-state index is 11.9. The maximum atomic E-state index is 11.9. The van der Waals surface area contributed by atoms with Crippen molar-refractivity contribution in [1.29, 1.82) is 0 Å². The van der Waals surface area contributed by atoms with Crippen molar-refractivity contribution in [1.82, 2.24) is 0 Å². The summed E-state index contributed by atoms with van der Waals surface area (Å²) in [5.41, 5.74) is 0. The van der Waals surface area contributed by atoms with Crippen LogP contribution in [0.25, 0.3) is 0 Å². The van der Waals surface area contributed by atoms with Crippen molar-refractivity contribution in [2.75, 3.05) is 13.2 Å². The molecule has 0 saturated carbocycles. The molecule has 0 aromatic rings. The number of hydrogen-bond donors (Lipinski definition) is 3. The van der Waals surface area contributed by atoms with E-state index in [-0.39, 0.29) is 12.4 Å². The van der Waals surface area contributed by atoms with Crippen molar-refractivity contribution in [2.45, 2.75) is 115 Å². The molecule has 2 atom stereocenters. The molecule has 0 aromatic heterocycles. The van der Waals surface area contributed by atoms with E-state index in [1.807, 2.05) is 0 Å². The molecule has 1 aliphatic rings. The molecular formula is C24H42O7. The first-order chi connectivity index (χ1) is 15.0. The van der Waals surface area contributed by atoms with Crippen LogP contribution in [0.5, 0.6) is 0 Å². The van der Waals surface area contributed by atoms with Gasteiger partial charge in [-0.25, -0.2) is 4.79 Å². The van der Waals surface area contributed by atoms with Crippen LogP contribution in [0, 0.1) is 0 Å². The average Bonchev–Trinajstić information content (AvgIpc) is 3.05. The minimum atomic E-state index is -1.43. The molecule has 0 aromatic carbocycles. The van der Waals surface area contributed by atoms with E-state index in [9.17, 15) is 19.8 Å². The van der Waals surface area contributed by atoms with Crippen LogP contribution in [0.15, 0.2) is 11.5 Å². The number of rotatable bonds is 20. The van der Waals surface area contributed by atoms with Gasteiger partial charge in [-0.05, 0) is 6.42 Å². The second-order valence-corrected chi connectivity index (χ2v) is 8.46. The second kappa shape index (κ2) is 17.0. The number of Topliss-reactive ketones (excluding diaryl/α,β-unsaturated/α-hetero) is 1. The molecule has 0 radical (unpaired) electrons. The summed E-state index contributed by atoms with van der Waals surface area (Å²) < 4.78 is 9.85. The Morgan fingerprint density at radius 2 is 1.42 bits per heavy atom. The van der Waals surface area contributed by atoms with Gasteiger partial charge in [0.15, 0.2) is 17.6 Å². The van der Waals surface area contributed by atoms with Crippen molar-refractivity contribution in [3.63, 3.8) is 0 Å².